The minimum Gasteiger partial charge on any atom is -0.228 e. The largest absolute Gasteiger partial charge is 0.228 e. The summed E-state index contributed by atoms with van der Waals surface area (Å²) in [5.41, 5.74) is 6.99. The molecule has 3 aromatic rings. The summed E-state index contributed by atoms with van der Waals surface area (Å²) in [6, 6.07) is 17.0. The van der Waals surface area contributed by atoms with Gasteiger partial charge in [-0.1, -0.05) is 66.6 Å². The number of benzene rings is 2. The molecule has 0 fully saturated rings. The summed E-state index contributed by atoms with van der Waals surface area (Å²) in [4.78, 5) is 9.75. The quantitative estimate of drug-likeness (QED) is 0.451. The van der Waals surface area contributed by atoms with E-state index in [1.54, 1.807) is 11.8 Å². The molecule has 24 heavy (non-hydrogen) atoms. The number of nitrogens with zero attached hydrogens (tertiary/aromatic N) is 2. The highest BCUT2D eigenvalue weighted by Crippen LogP contribution is 2.31. The predicted octanol–water partition coefficient (Wildman–Crippen LogP) is 5.71. The van der Waals surface area contributed by atoms with E-state index in [0.717, 1.165) is 34.1 Å². The van der Waals surface area contributed by atoms with E-state index in [1.165, 1.54) is 16.7 Å². The van der Waals surface area contributed by atoms with Gasteiger partial charge in [-0.3, -0.25) is 0 Å². The fourth-order valence-corrected chi connectivity index (χ4v) is 3.40. The lowest BCUT2D eigenvalue weighted by Gasteiger charge is -2.14. The summed E-state index contributed by atoms with van der Waals surface area (Å²) < 4.78 is 0. The van der Waals surface area contributed by atoms with Gasteiger partial charge in [0.1, 0.15) is 5.03 Å². The first-order chi connectivity index (χ1) is 11.6. The summed E-state index contributed by atoms with van der Waals surface area (Å²) in [5.74, 6) is 0.798. The van der Waals surface area contributed by atoms with Crippen LogP contribution in [0.2, 0.25) is 0 Å². The van der Waals surface area contributed by atoms with Crippen molar-refractivity contribution < 1.29 is 0 Å². The highest BCUT2D eigenvalue weighted by Gasteiger charge is 2.15. The molecular formula is C21H22N2S. The molecule has 2 nitrogen and oxygen atoms in total. The van der Waals surface area contributed by atoms with Crippen molar-refractivity contribution >= 4 is 11.8 Å². The van der Waals surface area contributed by atoms with Crippen LogP contribution < -0.4 is 0 Å². The molecule has 2 aromatic carbocycles. The molecule has 1 heterocycles. The van der Waals surface area contributed by atoms with E-state index in [1.807, 2.05) is 0 Å². The van der Waals surface area contributed by atoms with Crippen LogP contribution in [0.15, 0.2) is 53.6 Å². The molecular weight excluding hydrogens is 312 g/mol. The molecule has 0 bridgehead atoms. The van der Waals surface area contributed by atoms with Crippen molar-refractivity contribution in [1.82, 2.24) is 9.97 Å². The maximum Gasteiger partial charge on any atom is 0.161 e. The van der Waals surface area contributed by atoms with Crippen molar-refractivity contribution in [1.29, 1.82) is 0 Å². The SMILES string of the molecule is CCc1c(SC)nc(-c2ccc(C)cc2)nc1-c1ccc(C)cc1. The lowest BCUT2D eigenvalue weighted by atomic mass is 10.0. The molecule has 0 unspecified atom stereocenters. The van der Waals surface area contributed by atoms with Crippen LogP contribution in [-0.2, 0) is 6.42 Å². The molecule has 0 spiro atoms. The van der Waals surface area contributed by atoms with E-state index >= 15 is 0 Å². The van der Waals surface area contributed by atoms with Gasteiger partial charge in [0.25, 0.3) is 0 Å². The van der Waals surface area contributed by atoms with Crippen LogP contribution >= 0.6 is 11.8 Å². The average molecular weight is 334 g/mol. The predicted molar refractivity (Wildman–Crippen MR) is 104 cm³/mol. The number of hydrogen-bond acceptors (Lipinski definition) is 3. The molecule has 3 rings (SSSR count). The third-order valence-electron chi connectivity index (χ3n) is 4.15. The highest BCUT2D eigenvalue weighted by atomic mass is 32.2. The van der Waals surface area contributed by atoms with Gasteiger partial charge in [0.05, 0.1) is 5.69 Å². The van der Waals surface area contributed by atoms with E-state index in [9.17, 15) is 0 Å². The summed E-state index contributed by atoms with van der Waals surface area (Å²) in [7, 11) is 0. The summed E-state index contributed by atoms with van der Waals surface area (Å²) in [5, 5.41) is 1.07. The van der Waals surface area contributed by atoms with Crippen molar-refractivity contribution in [3.63, 3.8) is 0 Å². The van der Waals surface area contributed by atoms with Crippen molar-refractivity contribution in [3.05, 3.63) is 65.2 Å². The molecule has 3 heteroatoms. The van der Waals surface area contributed by atoms with Crippen LogP contribution in [0.5, 0.6) is 0 Å². The zero-order valence-electron chi connectivity index (χ0n) is 14.6. The zero-order valence-corrected chi connectivity index (χ0v) is 15.4. The van der Waals surface area contributed by atoms with Crippen molar-refractivity contribution in [2.45, 2.75) is 32.2 Å². The highest BCUT2D eigenvalue weighted by molar-refractivity contribution is 7.98. The Labute approximate surface area is 148 Å². The topological polar surface area (TPSA) is 25.8 Å². The van der Waals surface area contributed by atoms with Crippen LogP contribution in [0, 0.1) is 13.8 Å². The second kappa shape index (κ2) is 7.18. The van der Waals surface area contributed by atoms with Crippen LogP contribution in [0.3, 0.4) is 0 Å². The van der Waals surface area contributed by atoms with E-state index in [-0.39, 0.29) is 0 Å². The van der Waals surface area contributed by atoms with E-state index in [2.05, 4.69) is 75.6 Å². The van der Waals surface area contributed by atoms with Gasteiger partial charge in [-0.15, -0.1) is 11.8 Å². The van der Waals surface area contributed by atoms with E-state index in [4.69, 9.17) is 9.97 Å². The van der Waals surface area contributed by atoms with Gasteiger partial charge in [0.15, 0.2) is 5.82 Å². The second-order valence-corrected chi connectivity index (χ2v) is 6.76. The molecule has 0 amide bonds. The molecule has 0 saturated heterocycles. The smallest absolute Gasteiger partial charge is 0.161 e. The lowest BCUT2D eigenvalue weighted by Crippen LogP contribution is -2.01. The molecule has 0 aliphatic carbocycles. The first kappa shape index (κ1) is 16.7. The third-order valence-corrected chi connectivity index (χ3v) is 4.88. The molecule has 0 atom stereocenters. The number of aryl methyl sites for hydroxylation is 2. The Balaban J connectivity index is 2.20. The number of aromatic nitrogens is 2. The van der Waals surface area contributed by atoms with Gasteiger partial charge in [0, 0.05) is 16.7 Å². The van der Waals surface area contributed by atoms with Gasteiger partial charge in [-0.2, -0.15) is 0 Å². The van der Waals surface area contributed by atoms with Gasteiger partial charge in [-0.25, -0.2) is 9.97 Å². The fourth-order valence-electron chi connectivity index (χ4n) is 2.73. The van der Waals surface area contributed by atoms with Gasteiger partial charge in [-0.05, 0) is 26.5 Å². The summed E-state index contributed by atoms with van der Waals surface area (Å²) in [6.45, 7) is 6.37. The first-order valence-electron chi connectivity index (χ1n) is 8.21. The molecule has 122 valence electrons. The molecule has 0 aliphatic heterocycles. The summed E-state index contributed by atoms with van der Waals surface area (Å²) in [6.07, 6.45) is 3.01. The monoisotopic (exact) mass is 334 g/mol. The molecule has 0 aliphatic rings. The maximum absolute atomic E-state index is 4.93. The third kappa shape index (κ3) is 3.36. The van der Waals surface area contributed by atoms with E-state index in [0.29, 0.717) is 0 Å². The lowest BCUT2D eigenvalue weighted by molar-refractivity contribution is 0.959. The zero-order chi connectivity index (χ0) is 17.1. The van der Waals surface area contributed by atoms with Crippen LogP contribution in [0.1, 0.15) is 23.6 Å². The van der Waals surface area contributed by atoms with Gasteiger partial charge < -0.3 is 0 Å². The van der Waals surface area contributed by atoms with E-state index < -0.39 is 0 Å². The number of hydrogen-bond donors (Lipinski definition) is 0. The van der Waals surface area contributed by atoms with Crippen molar-refractivity contribution in [2.75, 3.05) is 6.26 Å². The Bertz CT molecular complexity index is 837. The van der Waals surface area contributed by atoms with Crippen LogP contribution in [0.4, 0.5) is 0 Å². The Morgan fingerprint density at radius 3 is 1.83 bits per heavy atom. The Morgan fingerprint density at radius 1 is 0.792 bits per heavy atom. The van der Waals surface area contributed by atoms with Crippen LogP contribution in [-0.4, -0.2) is 16.2 Å². The molecule has 0 saturated carbocycles. The standard InChI is InChI=1S/C21H22N2S/c1-5-18-19(16-10-6-14(2)7-11-16)22-20(23-21(18)24-4)17-12-8-15(3)9-13-17/h6-13H,5H2,1-4H3. The molecule has 0 radical (unpaired) electrons. The Morgan fingerprint density at radius 2 is 1.33 bits per heavy atom. The minimum absolute atomic E-state index is 0.798. The minimum atomic E-state index is 0.798. The van der Waals surface area contributed by atoms with Crippen molar-refractivity contribution in [3.8, 4) is 22.6 Å². The maximum atomic E-state index is 4.93. The Kier molecular flexibility index (Phi) is 5.00. The van der Waals surface area contributed by atoms with Crippen LogP contribution in [0.25, 0.3) is 22.6 Å². The number of thioether (sulfide) groups is 1. The normalized spacial score (nSPS) is 10.8. The fraction of sp³-hybridized carbons (Fsp3) is 0.238. The van der Waals surface area contributed by atoms with Crippen molar-refractivity contribution in [2.24, 2.45) is 0 Å². The average Bonchev–Trinajstić information content (AvgIpc) is 2.62. The van der Waals surface area contributed by atoms with Gasteiger partial charge in [0.2, 0.25) is 0 Å². The second-order valence-electron chi connectivity index (χ2n) is 5.97. The Hall–Kier alpha value is -2.13. The summed E-state index contributed by atoms with van der Waals surface area (Å²) >= 11 is 1.69. The number of rotatable bonds is 4. The molecule has 0 N–H and O–H groups in total. The first-order valence-corrected chi connectivity index (χ1v) is 9.43. The van der Waals surface area contributed by atoms with Gasteiger partial charge >= 0.3 is 0 Å². The molecule has 1 aromatic heterocycles.